The second kappa shape index (κ2) is 11.9. The van der Waals surface area contributed by atoms with E-state index in [2.05, 4.69) is 11.1 Å². The lowest BCUT2D eigenvalue weighted by Crippen LogP contribution is -2.55. The zero-order valence-corrected chi connectivity index (χ0v) is 12.8. The van der Waals surface area contributed by atoms with Crippen LogP contribution in [0.15, 0.2) is 15.7 Å². The average molecular weight is 385 g/mol. The van der Waals surface area contributed by atoms with E-state index >= 15 is 0 Å². The molecule has 26 heavy (non-hydrogen) atoms. The molecule has 148 valence electrons. The van der Waals surface area contributed by atoms with Gasteiger partial charge in [0.2, 0.25) is 7.34 Å². The number of halogens is 1. The summed E-state index contributed by atoms with van der Waals surface area (Å²) in [5.41, 5.74) is 8.46. The first-order valence-corrected chi connectivity index (χ1v) is 6.26. The summed E-state index contributed by atoms with van der Waals surface area (Å²) in [6, 6.07) is -1.05. The van der Waals surface area contributed by atoms with Crippen LogP contribution in [-0.2, 0) is 9.59 Å². The standard InChI is InChI=1S/C5H6N2O4.C5H4N2O4.CH4FN.H2O.H2/c2*8-3-1-2(4(9)10)6-5(11)7-3;2-1-3;;/h2H,1H2,(H,9,10)(H2,6,7,8,11);1H,(H,9,10)(H2,6,7,8,11);1,3H2;1H2;1H/i;;;;1+1/hD. The quantitative estimate of drug-likeness (QED) is 0.251. The number of urea groups is 1. The Kier molecular flexibility index (Phi) is 10.2. The molecule has 1 aliphatic heterocycles. The molecule has 15 heteroatoms. The molecule has 1 aromatic heterocycles. The van der Waals surface area contributed by atoms with E-state index in [0.717, 1.165) is 6.07 Å². The largest absolute Gasteiger partial charge is 0.480 e. The van der Waals surface area contributed by atoms with Crippen LogP contribution in [0.2, 0.25) is 0 Å². The molecule has 0 aliphatic carbocycles. The van der Waals surface area contributed by atoms with E-state index in [-0.39, 0.29) is 7.85 Å². The van der Waals surface area contributed by atoms with E-state index in [1.54, 1.807) is 0 Å². The molecule has 0 spiro atoms. The van der Waals surface area contributed by atoms with Gasteiger partial charge in [-0.25, -0.2) is 23.6 Å². The van der Waals surface area contributed by atoms with Crippen LogP contribution in [0.4, 0.5) is 9.18 Å². The van der Waals surface area contributed by atoms with E-state index in [9.17, 15) is 33.2 Å². The van der Waals surface area contributed by atoms with Crippen molar-refractivity contribution in [3.63, 3.8) is 0 Å². The maximum absolute atomic E-state index is 10.6. The maximum atomic E-state index is 10.6. The first kappa shape index (κ1) is 22.4. The van der Waals surface area contributed by atoms with E-state index in [0.29, 0.717) is 0 Å². The number of carboxylic acid groups (broad SMARTS) is 2. The lowest BCUT2D eigenvalue weighted by atomic mass is 10.2. The SMILES string of the molecule is NCF.O=C(O)c1cc(=O)[nH]c(=O)[nH]1.O=C1CC(C(=O)O)NC(=O)N1.[2HH].[2H]O. The number of rotatable bonds is 2. The van der Waals surface area contributed by atoms with Crippen molar-refractivity contribution < 1.29 is 42.1 Å². The van der Waals surface area contributed by atoms with Crippen LogP contribution in [0.1, 0.15) is 19.8 Å². The lowest BCUT2D eigenvalue weighted by molar-refractivity contribution is -0.141. The van der Waals surface area contributed by atoms with Crippen LogP contribution in [0.25, 0.3) is 0 Å². The van der Waals surface area contributed by atoms with E-state index < -0.39 is 53.7 Å². The second-order valence-electron chi connectivity index (χ2n) is 4.08. The molecule has 0 bridgehead atoms. The molecular weight excluding hydrogens is 365 g/mol. The third kappa shape index (κ3) is 9.53. The zero-order chi connectivity index (χ0) is 21.6. The molecule has 1 aliphatic rings. The number of alkyl halides is 1. The van der Waals surface area contributed by atoms with Gasteiger partial charge in [-0.2, -0.15) is 0 Å². The number of aromatic carboxylic acids is 1. The van der Waals surface area contributed by atoms with Gasteiger partial charge in [-0.1, -0.05) is 0 Å². The third-order valence-corrected chi connectivity index (χ3v) is 2.24. The molecule has 2 heterocycles. The van der Waals surface area contributed by atoms with Gasteiger partial charge in [0.15, 0.2) is 0 Å². The van der Waals surface area contributed by atoms with Crippen molar-refractivity contribution in [1.82, 2.24) is 20.6 Å². The van der Waals surface area contributed by atoms with Crippen LogP contribution in [0.5, 0.6) is 0 Å². The predicted octanol–water partition coefficient (Wildman–Crippen LogP) is -3.28. The first-order chi connectivity index (χ1) is 12.6. The number of imide groups is 1. The van der Waals surface area contributed by atoms with Gasteiger partial charge >= 0.3 is 23.7 Å². The second-order valence-corrected chi connectivity index (χ2v) is 4.08. The molecule has 1 saturated heterocycles. The normalized spacial score (nSPS) is 15.0. The van der Waals surface area contributed by atoms with Crippen molar-refractivity contribution in [3.8, 4) is 0 Å². The smallest absolute Gasteiger partial charge is 0.352 e. The van der Waals surface area contributed by atoms with Crippen molar-refractivity contribution >= 4 is 23.9 Å². The number of hydrogen-bond donors (Lipinski definition) is 7. The summed E-state index contributed by atoms with van der Waals surface area (Å²) in [7, 11) is 0. The summed E-state index contributed by atoms with van der Waals surface area (Å²) < 4.78 is 14.8. The minimum Gasteiger partial charge on any atom is -0.480 e. The summed E-state index contributed by atoms with van der Waals surface area (Å²) in [4.78, 5) is 66.2. The summed E-state index contributed by atoms with van der Waals surface area (Å²) in [5, 5.41) is 20.7. The van der Waals surface area contributed by atoms with Crippen LogP contribution >= 0.6 is 0 Å². The Bertz CT molecular complexity index is 725. The summed E-state index contributed by atoms with van der Waals surface area (Å²) in [6.45, 7) is -0.750. The molecule has 14 nitrogen and oxygen atoms in total. The number of carbonyl (C=O) groups is 4. The van der Waals surface area contributed by atoms with Gasteiger partial charge < -0.3 is 31.7 Å². The van der Waals surface area contributed by atoms with Crippen molar-refractivity contribution in [2.24, 2.45) is 5.73 Å². The lowest BCUT2D eigenvalue weighted by Gasteiger charge is -2.18. The average Bonchev–Trinajstić information content (AvgIpc) is 2.56. The number of nitrogens with one attached hydrogen (secondary N) is 4. The highest BCUT2D eigenvalue weighted by atomic mass is 19.1. The fourth-order valence-electron chi connectivity index (χ4n) is 1.34. The molecule has 0 radical (unpaired) electrons. The molecule has 2 rings (SSSR count). The van der Waals surface area contributed by atoms with Crippen LogP contribution in [-0.4, -0.2) is 62.4 Å². The first-order valence-electron chi connectivity index (χ1n) is 6.71. The molecular formula is C11H18FN5O9. The van der Waals surface area contributed by atoms with E-state index in [1.165, 1.54) is 0 Å². The van der Waals surface area contributed by atoms with Gasteiger partial charge in [0, 0.05) is 7.49 Å². The van der Waals surface area contributed by atoms with Crippen LogP contribution < -0.4 is 27.6 Å². The van der Waals surface area contributed by atoms with Crippen LogP contribution in [0, 0.1) is 0 Å². The fraction of sp³-hybridized carbons (Fsp3) is 0.273. The van der Waals surface area contributed by atoms with Gasteiger partial charge in [0.05, 0.1) is 6.42 Å². The van der Waals surface area contributed by atoms with Gasteiger partial charge in [0.1, 0.15) is 18.5 Å². The number of carbonyl (C=O) groups excluding carboxylic acids is 2. The molecule has 1 atom stereocenters. The summed E-state index contributed by atoms with van der Waals surface area (Å²) in [6.07, 6.45) is -0.207. The minimum absolute atomic E-state index is 0. The van der Waals surface area contributed by atoms with E-state index in [1.807, 2.05) is 15.3 Å². The fourth-order valence-corrected chi connectivity index (χ4v) is 1.34. The Morgan fingerprint density at radius 3 is 2.23 bits per heavy atom. The van der Waals surface area contributed by atoms with Gasteiger partial charge in [-0.05, 0) is 0 Å². The number of nitrogens with two attached hydrogens (primary N) is 1. The zero-order valence-electron chi connectivity index (χ0n) is 13.8. The third-order valence-electron chi connectivity index (χ3n) is 2.24. The Morgan fingerprint density at radius 1 is 1.31 bits per heavy atom. The number of carboxylic acids is 2. The van der Waals surface area contributed by atoms with Crippen LogP contribution in [0.3, 0.4) is 0 Å². The predicted molar refractivity (Wildman–Crippen MR) is 83.2 cm³/mol. The number of hydrogen-bond acceptors (Lipinski definition) is 7. The molecule has 3 amide bonds. The number of H-pyrrole nitrogens is 2. The Hall–Kier alpha value is -3.59. The van der Waals surface area contributed by atoms with Crippen molar-refractivity contribution in [3.05, 3.63) is 32.6 Å². The highest BCUT2D eigenvalue weighted by molar-refractivity contribution is 6.01. The molecule has 10 N–H and O–H groups in total. The number of aromatic amines is 2. The summed E-state index contributed by atoms with van der Waals surface area (Å²) >= 11 is 0. The van der Waals surface area contributed by atoms with Crippen molar-refractivity contribution in [2.75, 3.05) is 6.80 Å². The highest BCUT2D eigenvalue weighted by Gasteiger charge is 2.28. The number of amides is 3. The van der Waals surface area contributed by atoms with E-state index in [4.69, 9.17) is 17.1 Å². The number of aliphatic carboxylic acids is 1. The van der Waals surface area contributed by atoms with Gasteiger partial charge in [0.25, 0.3) is 5.56 Å². The molecule has 0 aromatic carbocycles. The topological polar surface area (TPSA) is 256 Å². The molecule has 0 saturated carbocycles. The molecule has 1 aromatic rings. The molecule has 1 unspecified atom stereocenters. The van der Waals surface area contributed by atoms with Crippen molar-refractivity contribution in [1.29, 1.82) is 0 Å². The van der Waals surface area contributed by atoms with Crippen molar-refractivity contribution in [2.45, 2.75) is 12.5 Å². The molecule has 1 fully saturated rings. The Balaban J connectivity index is -0.000000353. The summed E-state index contributed by atoms with van der Waals surface area (Å²) in [5.74, 6) is -3.11. The maximum Gasteiger partial charge on any atom is 0.352 e. The number of aromatic nitrogens is 2. The Labute approximate surface area is 145 Å². The van der Waals surface area contributed by atoms with Gasteiger partial charge in [-0.3, -0.25) is 19.9 Å². The minimum atomic E-state index is -1.34. The van der Waals surface area contributed by atoms with Gasteiger partial charge in [-0.15, -0.1) is 0 Å². The highest BCUT2D eigenvalue weighted by Crippen LogP contribution is 1.97. The monoisotopic (exact) mass is 385 g/mol. The Morgan fingerprint density at radius 2 is 1.85 bits per heavy atom.